The van der Waals surface area contributed by atoms with Crippen LogP contribution in [0.1, 0.15) is 71.8 Å². The Morgan fingerprint density at radius 2 is 1.25 bits per heavy atom. The number of hydrogen-bond donors (Lipinski definition) is 7. The number of amides is 5. The molecule has 1 aliphatic rings. The van der Waals surface area contributed by atoms with E-state index in [2.05, 4.69) is 26.9 Å². The van der Waals surface area contributed by atoms with Crippen LogP contribution in [0.25, 0.3) is 10.8 Å². The summed E-state index contributed by atoms with van der Waals surface area (Å²) >= 11 is 0. The number of rotatable bonds is 14. The van der Waals surface area contributed by atoms with Crippen molar-refractivity contribution in [3.8, 4) is 0 Å². The van der Waals surface area contributed by atoms with E-state index >= 15 is 0 Å². The number of hydrazine groups is 3. The van der Waals surface area contributed by atoms with Crippen molar-refractivity contribution in [2.24, 2.45) is 23.3 Å². The molecule has 288 valence electrons. The Hall–Kier alpha value is -4.15. The van der Waals surface area contributed by atoms with Crippen molar-refractivity contribution < 1.29 is 24.0 Å². The fourth-order valence-corrected chi connectivity index (χ4v) is 6.13. The van der Waals surface area contributed by atoms with Crippen LogP contribution in [-0.2, 0) is 30.5 Å². The zero-order chi connectivity index (χ0) is 38.0. The van der Waals surface area contributed by atoms with Crippen molar-refractivity contribution in [3.63, 3.8) is 0 Å². The SMILES string of the molecule is CC(C)C[C@H]1NC(=O)CN(CCCCN)NC(=O)[C@H](CCCCN)NC(=O)CN(Cc2cccc3ccccc23)NC(=O)CN(CC(C)C)NC1=O. The minimum atomic E-state index is -0.936. The summed E-state index contributed by atoms with van der Waals surface area (Å²) in [5.41, 5.74) is 20.9. The van der Waals surface area contributed by atoms with Gasteiger partial charge in [-0.1, -0.05) is 70.2 Å². The van der Waals surface area contributed by atoms with E-state index in [1.807, 2.05) is 70.2 Å². The van der Waals surface area contributed by atoms with E-state index < -0.39 is 41.6 Å². The van der Waals surface area contributed by atoms with Gasteiger partial charge in [0.2, 0.25) is 17.7 Å². The number of carbonyl (C=O) groups excluding carboxylic acids is 5. The molecule has 15 nitrogen and oxygen atoms in total. The van der Waals surface area contributed by atoms with Gasteiger partial charge in [-0.2, -0.15) is 0 Å². The first-order valence-electron chi connectivity index (χ1n) is 18.5. The molecular formula is C37H60N10O5. The molecule has 1 heterocycles. The summed E-state index contributed by atoms with van der Waals surface area (Å²) in [5, 5.41) is 12.3. The molecule has 5 amide bonds. The summed E-state index contributed by atoms with van der Waals surface area (Å²) in [4.78, 5) is 68.2. The first-order valence-corrected chi connectivity index (χ1v) is 18.5. The summed E-state index contributed by atoms with van der Waals surface area (Å²) in [6.07, 6.45) is 3.18. The number of hydrogen-bond acceptors (Lipinski definition) is 10. The molecule has 0 radical (unpaired) electrons. The highest BCUT2D eigenvalue weighted by atomic mass is 16.2. The molecule has 2 atom stereocenters. The lowest BCUT2D eigenvalue weighted by Crippen LogP contribution is -2.59. The van der Waals surface area contributed by atoms with E-state index in [0.29, 0.717) is 64.7 Å². The lowest BCUT2D eigenvalue weighted by atomic mass is 10.0. The second-order valence-electron chi connectivity index (χ2n) is 14.3. The standard InChI is InChI=1S/C37H60N10O5/c1-26(2)20-32-37(52)44-46(21-27(3)4)25-35(50)42-47(22-29-14-11-13-28-12-5-6-15-30(28)29)24-34(49)40-31(16-7-8-17-38)36(51)43-45(19-10-9-18-39)23-33(48)41-32/h5-6,11-15,26-27,31-32H,7-10,16-25,38-39H2,1-4H3,(H,40,49)(H,41,48)(H,42,50)(H,43,51)(H,44,52)/t31-,32+/m0/s1. The predicted molar refractivity (Wildman–Crippen MR) is 201 cm³/mol. The molecule has 9 N–H and O–H groups in total. The van der Waals surface area contributed by atoms with E-state index in [1.165, 1.54) is 15.0 Å². The maximum absolute atomic E-state index is 13.7. The zero-order valence-corrected chi connectivity index (χ0v) is 31.3. The largest absolute Gasteiger partial charge is 0.343 e. The third-order valence-corrected chi connectivity index (χ3v) is 8.49. The normalized spacial score (nSPS) is 19.9. The zero-order valence-electron chi connectivity index (χ0n) is 31.3. The molecule has 52 heavy (non-hydrogen) atoms. The minimum absolute atomic E-state index is 0.0663. The molecule has 0 spiro atoms. The Kier molecular flexibility index (Phi) is 17.9. The van der Waals surface area contributed by atoms with Crippen molar-refractivity contribution in [3.05, 3.63) is 48.0 Å². The third-order valence-electron chi connectivity index (χ3n) is 8.49. The van der Waals surface area contributed by atoms with Crippen molar-refractivity contribution >= 4 is 40.3 Å². The van der Waals surface area contributed by atoms with Crippen LogP contribution in [0.15, 0.2) is 42.5 Å². The Morgan fingerprint density at radius 3 is 1.94 bits per heavy atom. The fourth-order valence-electron chi connectivity index (χ4n) is 6.13. The Bertz CT molecular complexity index is 1470. The molecule has 2 aromatic carbocycles. The minimum Gasteiger partial charge on any atom is -0.343 e. The van der Waals surface area contributed by atoms with Crippen LogP contribution in [0.2, 0.25) is 0 Å². The van der Waals surface area contributed by atoms with Crippen LogP contribution in [0.5, 0.6) is 0 Å². The summed E-state index contributed by atoms with van der Waals surface area (Å²) in [5.74, 6) is -2.19. The van der Waals surface area contributed by atoms with Gasteiger partial charge >= 0.3 is 0 Å². The van der Waals surface area contributed by atoms with E-state index in [9.17, 15) is 24.0 Å². The maximum atomic E-state index is 13.7. The van der Waals surface area contributed by atoms with Gasteiger partial charge in [0.05, 0.1) is 19.6 Å². The second-order valence-corrected chi connectivity index (χ2v) is 14.3. The Balaban J connectivity index is 2.01. The van der Waals surface area contributed by atoms with Gasteiger partial charge in [0, 0.05) is 19.6 Å². The Labute approximate surface area is 307 Å². The number of benzene rings is 2. The van der Waals surface area contributed by atoms with E-state index in [4.69, 9.17) is 11.5 Å². The van der Waals surface area contributed by atoms with Gasteiger partial charge in [-0.15, -0.1) is 0 Å². The topological polar surface area (TPSA) is 207 Å². The Morgan fingerprint density at radius 1 is 0.654 bits per heavy atom. The molecule has 0 aliphatic carbocycles. The van der Waals surface area contributed by atoms with E-state index in [1.54, 1.807) is 0 Å². The second kappa shape index (κ2) is 22.0. The van der Waals surface area contributed by atoms with Crippen LogP contribution >= 0.6 is 0 Å². The van der Waals surface area contributed by atoms with Crippen molar-refractivity contribution in [2.45, 2.75) is 84.8 Å². The van der Waals surface area contributed by atoms with Crippen molar-refractivity contribution in [2.75, 3.05) is 45.8 Å². The number of nitrogens with zero attached hydrogens (tertiary/aromatic N) is 3. The summed E-state index contributed by atoms with van der Waals surface area (Å²) in [6, 6.07) is 11.9. The van der Waals surface area contributed by atoms with Gasteiger partial charge in [-0.3, -0.25) is 40.3 Å². The molecular weight excluding hydrogens is 664 g/mol. The fraction of sp³-hybridized carbons (Fsp3) is 0.595. The lowest BCUT2D eigenvalue weighted by molar-refractivity contribution is -0.139. The highest BCUT2D eigenvalue weighted by molar-refractivity contribution is 5.90. The summed E-state index contributed by atoms with van der Waals surface area (Å²) < 4.78 is 0. The van der Waals surface area contributed by atoms with Gasteiger partial charge in [0.15, 0.2) is 0 Å². The molecule has 15 heteroatoms. The molecule has 1 fully saturated rings. The van der Waals surface area contributed by atoms with Gasteiger partial charge in [0.1, 0.15) is 12.1 Å². The number of nitrogens with one attached hydrogen (secondary N) is 5. The molecule has 3 rings (SSSR count). The van der Waals surface area contributed by atoms with Crippen molar-refractivity contribution in [1.29, 1.82) is 0 Å². The molecule has 1 aliphatic heterocycles. The van der Waals surface area contributed by atoms with Crippen LogP contribution < -0.4 is 38.4 Å². The summed E-state index contributed by atoms with van der Waals surface area (Å²) in [6.45, 7) is 8.90. The van der Waals surface area contributed by atoms with Crippen molar-refractivity contribution in [1.82, 2.24) is 41.9 Å². The first kappa shape index (κ1) is 42.3. The molecule has 0 bridgehead atoms. The molecule has 1 saturated heterocycles. The lowest BCUT2D eigenvalue weighted by Gasteiger charge is -2.31. The monoisotopic (exact) mass is 724 g/mol. The van der Waals surface area contributed by atoms with Gasteiger partial charge in [-0.05, 0) is 79.8 Å². The molecule has 0 unspecified atom stereocenters. The van der Waals surface area contributed by atoms with Gasteiger partial charge in [-0.25, -0.2) is 15.0 Å². The number of fused-ring (bicyclic) bond motifs is 1. The van der Waals surface area contributed by atoms with Crippen LogP contribution in [0.3, 0.4) is 0 Å². The summed E-state index contributed by atoms with van der Waals surface area (Å²) in [7, 11) is 0. The van der Waals surface area contributed by atoms with Crippen LogP contribution in [0.4, 0.5) is 0 Å². The van der Waals surface area contributed by atoms with Gasteiger partial charge in [0.25, 0.3) is 11.8 Å². The number of nitrogens with two attached hydrogens (primary N) is 2. The van der Waals surface area contributed by atoms with Gasteiger partial charge < -0.3 is 22.1 Å². The molecule has 2 aromatic rings. The number of unbranched alkanes of at least 4 members (excludes halogenated alkanes) is 2. The van der Waals surface area contributed by atoms with E-state index in [0.717, 1.165) is 16.3 Å². The van der Waals surface area contributed by atoms with E-state index in [-0.39, 0.29) is 38.0 Å². The number of carbonyl (C=O) groups is 5. The highest BCUT2D eigenvalue weighted by Gasteiger charge is 2.29. The third kappa shape index (κ3) is 14.8. The van der Waals surface area contributed by atoms with Crippen LogP contribution in [-0.4, -0.2) is 102 Å². The first-order chi connectivity index (χ1) is 24.9. The molecule has 0 saturated carbocycles. The van der Waals surface area contributed by atoms with Crippen LogP contribution in [0, 0.1) is 11.8 Å². The predicted octanol–water partition coefficient (Wildman–Crippen LogP) is 0.893. The average molecular weight is 725 g/mol. The average Bonchev–Trinajstić information content (AvgIpc) is 3.06. The maximum Gasteiger partial charge on any atom is 0.256 e. The highest BCUT2D eigenvalue weighted by Crippen LogP contribution is 2.20. The molecule has 0 aromatic heterocycles. The smallest absolute Gasteiger partial charge is 0.256 e. The quantitative estimate of drug-likeness (QED) is 0.137.